The summed E-state index contributed by atoms with van der Waals surface area (Å²) in [5, 5.41) is 3.58. The van der Waals surface area contributed by atoms with E-state index in [-0.39, 0.29) is 17.7 Å². The molecule has 35 heavy (non-hydrogen) atoms. The van der Waals surface area contributed by atoms with Crippen LogP contribution in [0.1, 0.15) is 29.8 Å². The Morgan fingerprint density at radius 3 is 2.37 bits per heavy atom. The van der Waals surface area contributed by atoms with Crippen LogP contribution in [0.25, 0.3) is 0 Å². The van der Waals surface area contributed by atoms with Crippen LogP contribution < -0.4 is 15.0 Å². The fraction of sp³-hybridized carbons (Fsp3) is 0.286. The molecule has 0 aliphatic carbocycles. The molecule has 1 N–H and O–H groups in total. The second kappa shape index (κ2) is 11.3. The van der Waals surface area contributed by atoms with Gasteiger partial charge in [-0.3, -0.25) is 9.59 Å². The van der Waals surface area contributed by atoms with Crippen molar-refractivity contribution in [2.45, 2.75) is 20.5 Å². The Hall–Kier alpha value is -3.51. The SMILES string of the molecule is CC(C)C(=O)N1CCN(c2c(Cl)cccc2NC(=O)c2cccc(OCc3ccccc3)c2)CC1. The predicted molar refractivity (Wildman–Crippen MR) is 140 cm³/mol. The van der Waals surface area contributed by atoms with E-state index in [1.165, 1.54) is 0 Å². The van der Waals surface area contributed by atoms with Crippen molar-refractivity contribution in [2.24, 2.45) is 5.92 Å². The lowest BCUT2D eigenvalue weighted by Crippen LogP contribution is -2.50. The van der Waals surface area contributed by atoms with Crippen molar-refractivity contribution in [1.29, 1.82) is 0 Å². The summed E-state index contributed by atoms with van der Waals surface area (Å²) in [6.45, 7) is 6.79. The van der Waals surface area contributed by atoms with Crippen LogP contribution in [-0.4, -0.2) is 42.9 Å². The zero-order valence-electron chi connectivity index (χ0n) is 20.0. The highest BCUT2D eigenvalue weighted by molar-refractivity contribution is 6.34. The van der Waals surface area contributed by atoms with Crippen LogP contribution in [0.5, 0.6) is 5.75 Å². The minimum absolute atomic E-state index is 0.0239. The van der Waals surface area contributed by atoms with Crippen LogP contribution in [0.15, 0.2) is 72.8 Å². The van der Waals surface area contributed by atoms with Gasteiger partial charge in [-0.25, -0.2) is 0 Å². The normalized spacial score (nSPS) is 13.6. The molecule has 4 rings (SSSR count). The second-order valence-corrected chi connectivity index (χ2v) is 9.27. The van der Waals surface area contributed by atoms with Gasteiger partial charge in [0, 0.05) is 37.7 Å². The number of ether oxygens (including phenoxy) is 1. The summed E-state index contributed by atoms with van der Waals surface area (Å²) in [4.78, 5) is 29.5. The lowest BCUT2D eigenvalue weighted by molar-refractivity contribution is -0.134. The zero-order valence-corrected chi connectivity index (χ0v) is 20.8. The van der Waals surface area contributed by atoms with Gasteiger partial charge in [0.1, 0.15) is 12.4 Å². The first kappa shape index (κ1) is 24.6. The largest absolute Gasteiger partial charge is 0.489 e. The van der Waals surface area contributed by atoms with Crippen molar-refractivity contribution in [3.63, 3.8) is 0 Å². The molecule has 0 unspecified atom stereocenters. The summed E-state index contributed by atoms with van der Waals surface area (Å²) in [7, 11) is 0. The number of piperazine rings is 1. The van der Waals surface area contributed by atoms with Crippen molar-refractivity contribution in [2.75, 3.05) is 36.4 Å². The molecule has 1 aliphatic heterocycles. The predicted octanol–water partition coefficient (Wildman–Crippen LogP) is 5.48. The third-order valence-corrected chi connectivity index (χ3v) is 6.29. The molecule has 2 amide bonds. The third kappa shape index (κ3) is 6.14. The molecule has 6 nitrogen and oxygen atoms in total. The zero-order chi connectivity index (χ0) is 24.8. The van der Waals surface area contributed by atoms with Crippen molar-refractivity contribution in [3.05, 3.63) is 88.9 Å². The van der Waals surface area contributed by atoms with E-state index in [4.69, 9.17) is 16.3 Å². The van der Waals surface area contributed by atoms with Gasteiger partial charge >= 0.3 is 0 Å². The van der Waals surface area contributed by atoms with Crippen molar-refractivity contribution in [1.82, 2.24) is 4.90 Å². The Morgan fingerprint density at radius 1 is 0.943 bits per heavy atom. The molecule has 0 atom stereocenters. The van der Waals surface area contributed by atoms with E-state index in [0.717, 1.165) is 11.3 Å². The van der Waals surface area contributed by atoms with Gasteiger partial charge in [0.05, 0.1) is 16.4 Å². The fourth-order valence-electron chi connectivity index (χ4n) is 4.12. The van der Waals surface area contributed by atoms with Gasteiger partial charge in [0.2, 0.25) is 5.91 Å². The molecular formula is C28H30ClN3O3. The smallest absolute Gasteiger partial charge is 0.255 e. The van der Waals surface area contributed by atoms with Gasteiger partial charge in [-0.05, 0) is 35.9 Å². The Morgan fingerprint density at radius 2 is 1.66 bits per heavy atom. The van der Waals surface area contributed by atoms with Crippen LogP contribution >= 0.6 is 11.6 Å². The first-order valence-corrected chi connectivity index (χ1v) is 12.2. The summed E-state index contributed by atoms with van der Waals surface area (Å²) in [5.74, 6) is 0.516. The number of hydrogen-bond acceptors (Lipinski definition) is 4. The number of carbonyl (C=O) groups is 2. The summed E-state index contributed by atoms with van der Waals surface area (Å²) in [6, 6.07) is 22.5. The number of nitrogens with one attached hydrogen (secondary N) is 1. The minimum atomic E-state index is -0.243. The number of para-hydroxylation sites is 1. The van der Waals surface area contributed by atoms with E-state index in [1.807, 2.05) is 73.3 Å². The molecule has 0 saturated carbocycles. The molecule has 3 aromatic carbocycles. The standard InChI is InChI=1S/C28H30ClN3O3/c1-20(2)28(34)32-16-14-31(15-17-32)26-24(29)12-7-13-25(26)30-27(33)22-10-6-11-23(18-22)35-19-21-8-4-3-5-9-21/h3-13,18,20H,14-17,19H2,1-2H3,(H,30,33). The van der Waals surface area contributed by atoms with Gasteiger partial charge in [0.25, 0.3) is 5.91 Å². The fourth-order valence-corrected chi connectivity index (χ4v) is 4.41. The first-order valence-electron chi connectivity index (χ1n) is 11.8. The summed E-state index contributed by atoms with van der Waals surface area (Å²) >= 11 is 6.57. The molecule has 1 aliphatic rings. The lowest BCUT2D eigenvalue weighted by atomic mass is 10.1. The van der Waals surface area contributed by atoms with Crippen LogP contribution in [-0.2, 0) is 11.4 Å². The summed E-state index contributed by atoms with van der Waals surface area (Å²) < 4.78 is 5.88. The van der Waals surface area contributed by atoms with E-state index in [9.17, 15) is 9.59 Å². The molecule has 0 radical (unpaired) electrons. The van der Waals surface area contributed by atoms with E-state index < -0.39 is 0 Å². The highest BCUT2D eigenvalue weighted by Gasteiger charge is 2.25. The van der Waals surface area contributed by atoms with Crippen molar-refractivity contribution >= 4 is 34.8 Å². The molecule has 1 fully saturated rings. The number of nitrogens with zero attached hydrogens (tertiary/aromatic N) is 2. The molecule has 0 aromatic heterocycles. The highest BCUT2D eigenvalue weighted by Crippen LogP contribution is 2.35. The van der Waals surface area contributed by atoms with E-state index in [2.05, 4.69) is 10.2 Å². The summed E-state index contributed by atoms with van der Waals surface area (Å²) in [5.41, 5.74) is 2.97. The first-order chi connectivity index (χ1) is 16.9. The number of benzene rings is 3. The van der Waals surface area contributed by atoms with Crippen LogP contribution in [0.4, 0.5) is 11.4 Å². The van der Waals surface area contributed by atoms with Crippen molar-refractivity contribution < 1.29 is 14.3 Å². The maximum atomic E-state index is 13.1. The molecule has 1 heterocycles. The number of carbonyl (C=O) groups excluding carboxylic acids is 2. The van der Waals surface area contributed by atoms with Crippen LogP contribution in [0.3, 0.4) is 0 Å². The molecule has 1 saturated heterocycles. The molecule has 3 aromatic rings. The average molecular weight is 492 g/mol. The number of rotatable bonds is 7. The van der Waals surface area contributed by atoms with Gasteiger partial charge in [-0.15, -0.1) is 0 Å². The average Bonchev–Trinajstić information content (AvgIpc) is 2.88. The maximum Gasteiger partial charge on any atom is 0.255 e. The van der Waals surface area contributed by atoms with Crippen LogP contribution in [0.2, 0.25) is 5.02 Å². The minimum Gasteiger partial charge on any atom is -0.489 e. The monoisotopic (exact) mass is 491 g/mol. The molecule has 7 heteroatoms. The highest BCUT2D eigenvalue weighted by atomic mass is 35.5. The maximum absolute atomic E-state index is 13.1. The number of amides is 2. The Labute approximate surface area is 211 Å². The molecular weight excluding hydrogens is 462 g/mol. The number of anilines is 2. The van der Waals surface area contributed by atoms with Gasteiger partial charge < -0.3 is 19.9 Å². The Bertz CT molecular complexity index is 1180. The number of halogens is 1. The molecule has 182 valence electrons. The quantitative estimate of drug-likeness (QED) is 0.475. The molecule has 0 spiro atoms. The van der Waals surface area contributed by atoms with E-state index in [0.29, 0.717) is 54.8 Å². The number of hydrogen-bond donors (Lipinski definition) is 1. The van der Waals surface area contributed by atoms with E-state index in [1.54, 1.807) is 18.2 Å². The van der Waals surface area contributed by atoms with E-state index >= 15 is 0 Å². The van der Waals surface area contributed by atoms with Gasteiger partial charge in [-0.1, -0.05) is 67.9 Å². The Kier molecular flexibility index (Phi) is 7.93. The second-order valence-electron chi connectivity index (χ2n) is 8.86. The summed E-state index contributed by atoms with van der Waals surface area (Å²) in [6.07, 6.45) is 0. The molecule has 0 bridgehead atoms. The topological polar surface area (TPSA) is 61.9 Å². The Balaban J connectivity index is 1.45. The van der Waals surface area contributed by atoms with Gasteiger partial charge in [-0.2, -0.15) is 0 Å². The van der Waals surface area contributed by atoms with Gasteiger partial charge in [0.15, 0.2) is 0 Å². The van der Waals surface area contributed by atoms with Crippen LogP contribution in [0, 0.1) is 5.92 Å². The third-order valence-electron chi connectivity index (χ3n) is 5.98. The van der Waals surface area contributed by atoms with Crippen molar-refractivity contribution in [3.8, 4) is 5.75 Å². The lowest BCUT2D eigenvalue weighted by Gasteiger charge is -2.38.